The maximum atomic E-state index is 10.7. The summed E-state index contributed by atoms with van der Waals surface area (Å²) in [6, 6.07) is 0.329. The zero-order valence-corrected chi connectivity index (χ0v) is 10.6. The lowest BCUT2D eigenvalue weighted by atomic mass is 10.2. The highest BCUT2D eigenvalue weighted by Gasteiger charge is 2.25. The topological polar surface area (TPSA) is 42.4 Å². The Morgan fingerprint density at radius 3 is 3.19 bits per heavy atom. The van der Waals surface area contributed by atoms with E-state index in [4.69, 9.17) is 16.3 Å². The van der Waals surface area contributed by atoms with Crippen LogP contribution in [0.3, 0.4) is 0 Å². The number of rotatable bonds is 3. The van der Waals surface area contributed by atoms with Crippen LogP contribution in [0.1, 0.15) is 23.0 Å². The molecule has 6 heteroatoms. The van der Waals surface area contributed by atoms with Gasteiger partial charge in [0.2, 0.25) is 0 Å². The third-order valence-electron chi connectivity index (χ3n) is 2.65. The van der Waals surface area contributed by atoms with Crippen molar-refractivity contribution in [2.45, 2.75) is 19.4 Å². The van der Waals surface area contributed by atoms with Gasteiger partial charge in [-0.15, -0.1) is 0 Å². The molecule has 0 spiro atoms. The fourth-order valence-electron chi connectivity index (χ4n) is 1.74. The third kappa shape index (κ3) is 2.21. The molecule has 88 valence electrons. The van der Waals surface area contributed by atoms with Gasteiger partial charge in [-0.05, 0) is 6.42 Å². The Morgan fingerprint density at radius 2 is 2.56 bits per heavy atom. The molecule has 0 aliphatic carbocycles. The molecule has 0 amide bonds. The summed E-state index contributed by atoms with van der Waals surface area (Å²) in [5, 5.41) is 1.12. The lowest BCUT2D eigenvalue weighted by Gasteiger charge is -2.34. The minimum atomic E-state index is 0.302. The van der Waals surface area contributed by atoms with Gasteiger partial charge in [0.1, 0.15) is 4.88 Å². The first-order chi connectivity index (χ1) is 7.76. The number of aldehydes is 1. The zero-order chi connectivity index (χ0) is 11.5. The summed E-state index contributed by atoms with van der Waals surface area (Å²) in [7, 11) is 0. The van der Waals surface area contributed by atoms with Crippen molar-refractivity contribution in [2.75, 3.05) is 24.7 Å². The quantitative estimate of drug-likeness (QED) is 0.782. The maximum absolute atomic E-state index is 10.7. The molecule has 1 saturated heterocycles. The van der Waals surface area contributed by atoms with Crippen molar-refractivity contribution in [1.29, 1.82) is 0 Å². The lowest BCUT2D eigenvalue weighted by Crippen LogP contribution is -2.45. The summed E-state index contributed by atoms with van der Waals surface area (Å²) < 4.78 is 5.42. The van der Waals surface area contributed by atoms with Crippen molar-refractivity contribution < 1.29 is 9.53 Å². The molecule has 1 atom stereocenters. The minimum Gasteiger partial charge on any atom is -0.377 e. The number of nitrogens with zero attached hydrogens (tertiary/aromatic N) is 2. The molecule has 1 aliphatic heterocycles. The molecule has 16 heavy (non-hydrogen) atoms. The molecular weight excluding hydrogens is 248 g/mol. The largest absolute Gasteiger partial charge is 0.377 e. The molecule has 0 N–H and O–H groups in total. The van der Waals surface area contributed by atoms with Gasteiger partial charge in [0, 0.05) is 6.54 Å². The highest BCUT2D eigenvalue weighted by atomic mass is 35.5. The van der Waals surface area contributed by atoms with Gasteiger partial charge in [0.25, 0.3) is 0 Å². The number of carbonyl (C=O) groups excluding carboxylic acids is 1. The minimum absolute atomic E-state index is 0.302. The molecule has 1 fully saturated rings. The second-order valence-electron chi connectivity index (χ2n) is 3.60. The molecule has 1 aliphatic rings. The van der Waals surface area contributed by atoms with Crippen LogP contribution in [0.5, 0.6) is 0 Å². The number of anilines is 1. The number of thiazole rings is 1. The molecule has 2 heterocycles. The summed E-state index contributed by atoms with van der Waals surface area (Å²) in [5.74, 6) is 0. The number of hydrogen-bond donors (Lipinski definition) is 0. The summed E-state index contributed by atoms with van der Waals surface area (Å²) >= 11 is 7.21. The SMILES string of the molecule is CCC1COCCN1c1nc(Cl)c(C=O)s1. The number of ether oxygens (including phenoxy) is 1. The molecule has 0 aromatic carbocycles. The highest BCUT2D eigenvalue weighted by molar-refractivity contribution is 7.17. The molecule has 4 nitrogen and oxygen atoms in total. The summed E-state index contributed by atoms with van der Waals surface area (Å²) in [4.78, 5) is 17.6. The second-order valence-corrected chi connectivity index (χ2v) is 4.97. The van der Waals surface area contributed by atoms with Crippen molar-refractivity contribution in [3.05, 3.63) is 10.0 Å². The lowest BCUT2D eigenvalue weighted by molar-refractivity contribution is 0.0929. The number of morpholine rings is 1. The Morgan fingerprint density at radius 1 is 1.75 bits per heavy atom. The fourth-order valence-corrected chi connectivity index (χ4v) is 2.90. The van der Waals surface area contributed by atoms with Crippen molar-refractivity contribution in [2.24, 2.45) is 0 Å². The van der Waals surface area contributed by atoms with Gasteiger partial charge >= 0.3 is 0 Å². The van der Waals surface area contributed by atoms with Gasteiger partial charge in [-0.3, -0.25) is 4.79 Å². The molecule has 2 rings (SSSR count). The highest BCUT2D eigenvalue weighted by Crippen LogP contribution is 2.30. The van der Waals surface area contributed by atoms with Crippen molar-refractivity contribution in [3.63, 3.8) is 0 Å². The predicted molar refractivity (Wildman–Crippen MR) is 64.8 cm³/mol. The molecule has 0 bridgehead atoms. The van der Waals surface area contributed by atoms with Crippen LogP contribution >= 0.6 is 22.9 Å². The van der Waals surface area contributed by atoms with E-state index >= 15 is 0 Å². The number of hydrogen-bond acceptors (Lipinski definition) is 5. The Labute approximate surface area is 103 Å². The van der Waals surface area contributed by atoms with Gasteiger partial charge < -0.3 is 9.64 Å². The predicted octanol–water partition coefficient (Wildman–Crippen LogP) is 2.22. The molecule has 1 unspecified atom stereocenters. The third-order valence-corrected chi connectivity index (χ3v) is 4.07. The summed E-state index contributed by atoms with van der Waals surface area (Å²) in [6.07, 6.45) is 1.75. The molecule has 1 aromatic heterocycles. The summed E-state index contributed by atoms with van der Waals surface area (Å²) in [5.41, 5.74) is 0. The van der Waals surface area contributed by atoms with E-state index in [0.717, 1.165) is 24.4 Å². The Balaban J connectivity index is 2.23. The van der Waals surface area contributed by atoms with Gasteiger partial charge in [-0.1, -0.05) is 29.9 Å². The van der Waals surface area contributed by atoms with Gasteiger partial charge in [0.15, 0.2) is 16.6 Å². The Kier molecular flexibility index (Phi) is 3.78. The fraction of sp³-hybridized carbons (Fsp3) is 0.600. The number of carbonyl (C=O) groups is 1. The number of halogens is 1. The van der Waals surface area contributed by atoms with Crippen LogP contribution in [0, 0.1) is 0 Å². The van der Waals surface area contributed by atoms with Crippen LogP contribution in [0.25, 0.3) is 0 Å². The normalized spacial score (nSPS) is 21.1. The first-order valence-corrected chi connectivity index (χ1v) is 6.41. The standard InChI is InChI=1S/C10H13ClN2O2S/c1-2-7-6-15-4-3-13(7)10-12-9(11)8(5-14)16-10/h5,7H,2-4,6H2,1H3. The van der Waals surface area contributed by atoms with Crippen LogP contribution in [0.4, 0.5) is 5.13 Å². The van der Waals surface area contributed by atoms with E-state index in [1.807, 2.05) is 0 Å². The van der Waals surface area contributed by atoms with Crippen LogP contribution in [-0.2, 0) is 4.74 Å². The van der Waals surface area contributed by atoms with E-state index in [0.29, 0.717) is 29.3 Å². The van der Waals surface area contributed by atoms with Crippen molar-refractivity contribution >= 4 is 34.4 Å². The molecular formula is C10H13ClN2O2S. The van der Waals surface area contributed by atoms with Gasteiger partial charge in [0.05, 0.1) is 19.3 Å². The molecule has 0 saturated carbocycles. The first kappa shape index (κ1) is 11.8. The van der Waals surface area contributed by atoms with Crippen LogP contribution in [0.15, 0.2) is 0 Å². The van der Waals surface area contributed by atoms with E-state index in [9.17, 15) is 4.79 Å². The second kappa shape index (κ2) is 5.12. The smallest absolute Gasteiger partial charge is 0.187 e. The van der Waals surface area contributed by atoms with Gasteiger partial charge in [-0.25, -0.2) is 4.98 Å². The maximum Gasteiger partial charge on any atom is 0.187 e. The number of aromatic nitrogens is 1. The van der Waals surface area contributed by atoms with E-state index in [2.05, 4.69) is 16.8 Å². The van der Waals surface area contributed by atoms with Crippen molar-refractivity contribution in [1.82, 2.24) is 4.98 Å². The average Bonchev–Trinajstić information content (AvgIpc) is 2.70. The van der Waals surface area contributed by atoms with Crippen LogP contribution in [0.2, 0.25) is 5.15 Å². The average molecular weight is 261 g/mol. The van der Waals surface area contributed by atoms with Crippen molar-refractivity contribution in [3.8, 4) is 0 Å². The molecule has 0 radical (unpaired) electrons. The van der Waals surface area contributed by atoms with Crippen LogP contribution in [-0.4, -0.2) is 37.1 Å². The zero-order valence-electron chi connectivity index (χ0n) is 8.98. The van der Waals surface area contributed by atoms with Gasteiger partial charge in [-0.2, -0.15) is 0 Å². The monoisotopic (exact) mass is 260 g/mol. The van der Waals surface area contributed by atoms with E-state index < -0.39 is 0 Å². The summed E-state index contributed by atoms with van der Waals surface area (Å²) in [6.45, 7) is 4.33. The Bertz CT molecular complexity index is 383. The molecule has 1 aromatic rings. The van der Waals surface area contributed by atoms with E-state index in [-0.39, 0.29) is 0 Å². The van der Waals surface area contributed by atoms with Crippen LogP contribution < -0.4 is 4.90 Å². The first-order valence-electron chi connectivity index (χ1n) is 5.22. The van der Waals surface area contributed by atoms with E-state index in [1.54, 1.807) is 0 Å². The Hall–Kier alpha value is -0.650. The van der Waals surface area contributed by atoms with E-state index in [1.165, 1.54) is 11.3 Å².